The van der Waals surface area contributed by atoms with Crippen molar-refractivity contribution < 1.29 is 23.1 Å². The second-order valence-corrected chi connectivity index (χ2v) is 5.36. The van der Waals surface area contributed by atoms with Crippen LogP contribution in [-0.4, -0.2) is 31.9 Å². The normalized spacial score (nSPS) is 12.8. The van der Waals surface area contributed by atoms with Crippen LogP contribution in [0, 0.1) is 0 Å². The molecule has 1 unspecified atom stereocenters. The average Bonchev–Trinajstić information content (AvgIpc) is 2.30. The molecule has 0 amide bonds. The molecule has 0 aliphatic rings. The monoisotopic (exact) mass is 259 g/mol. The van der Waals surface area contributed by atoms with Gasteiger partial charge in [-0.1, -0.05) is 0 Å². The maximum atomic E-state index is 11.7. The third-order valence-electron chi connectivity index (χ3n) is 2.13. The number of carbonyl (C=O) groups excluding carboxylic acids is 1. The van der Waals surface area contributed by atoms with Crippen molar-refractivity contribution in [3.05, 3.63) is 24.3 Å². The number of ether oxygens (including phenoxy) is 1. The highest BCUT2D eigenvalue weighted by Gasteiger charge is 2.28. The van der Waals surface area contributed by atoms with E-state index in [1.165, 1.54) is 31.2 Å². The number of rotatable bonds is 4. The van der Waals surface area contributed by atoms with Crippen molar-refractivity contribution >= 4 is 21.7 Å². The fraction of sp³-hybridized carbons (Fsp3) is 0.300. The molecule has 1 atom stereocenters. The van der Waals surface area contributed by atoms with E-state index in [0.717, 1.165) is 7.11 Å². The predicted octanol–water partition coefficient (Wildman–Crippen LogP) is 0.695. The lowest BCUT2D eigenvalue weighted by Crippen LogP contribution is -2.33. The van der Waals surface area contributed by atoms with Gasteiger partial charge in [-0.2, -0.15) is 0 Å². The Morgan fingerprint density at radius 1 is 1.35 bits per heavy atom. The SMILES string of the molecule is COC(=O)C(C)S(=O)(=O)Nc1ccc(O)cc1. The number of anilines is 1. The zero-order valence-electron chi connectivity index (χ0n) is 9.38. The highest BCUT2D eigenvalue weighted by molar-refractivity contribution is 7.94. The van der Waals surface area contributed by atoms with Crippen LogP contribution in [0.25, 0.3) is 0 Å². The largest absolute Gasteiger partial charge is 0.508 e. The lowest BCUT2D eigenvalue weighted by molar-refractivity contribution is -0.139. The molecule has 1 aromatic carbocycles. The van der Waals surface area contributed by atoms with E-state index in [2.05, 4.69) is 9.46 Å². The number of benzene rings is 1. The Hall–Kier alpha value is -1.76. The molecular formula is C10H13NO5S. The molecule has 0 bridgehead atoms. The molecule has 0 aliphatic carbocycles. The van der Waals surface area contributed by atoms with Gasteiger partial charge in [0, 0.05) is 5.69 Å². The van der Waals surface area contributed by atoms with E-state index in [4.69, 9.17) is 5.11 Å². The molecule has 0 saturated heterocycles. The molecule has 17 heavy (non-hydrogen) atoms. The van der Waals surface area contributed by atoms with Gasteiger partial charge in [0.15, 0.2) is 5.25 Å². The number of nitrogens with one attached hydrogen (secondary N) is 1. The van der Waals surface area contributed by atoms with Gasteiger partial charge in [-0.3, -0.25) is 9.52 Å². The summed E-state index contributed by atoms with van der Waals surface area (Å²) in [5.74, 6) is -0.815. The quantitative estimate of drug-likeness (QED) is 0.613. The van der Waals surface area contributed by atoms with Gasteiger partial charge < -0.3 is 9.84 Å². The topological polar surface area (TPSA) is 92.7 Å². The van der Waals surface area contributed by atoms with E-state index in [-0.39, 0.29) is 11.4 Å². The van der Waals surface area contributed by atoms with Crippen LogP contribution in [0.1, 0.15) is 6.92 Å². The molecule has 2 N–H and O–H groups in total. The first-order valence-corrected chi connectivity index (χ1v) is 6.30. The smallest absolute Gasteiger partial charge is 0.325 e. The summed E-state index contributed by atoms with van der Waals surface area (Å²) in [7, 11) is -2.72. The van der Waals surface area contributed by atoms with E-state index in [1.807, 2.05) is 0 Å². The van der Waals surface area contributed by atoms with Gasteiger partial charge in [-0.25, -0.2) is 8.42 Å². The first-order chi connectivity index (χ1) is 7.86. The first-order valence-electron chi connectivity index (χ1n) is 4.75. The van der Waals surface area contributed by atoms with Crippen molar-refractivity contribution in [1.82, 2.24) is 0 Å². The van der Waals surface area contributed by atoms with Crippen molar-refractivity contribution in [3.8, 4) is 5.75 Å². The minimum Gasteiger partial charge on any atom is -0.508 e. The van der Waals surface area contributed by atoms with Gasteiger partial charge in [-0.15, -0.1) is 0 Å². The fourth-order valence-corrected chi connectivity index (χ4v) is 2.07. The predicted molar refractivity (Wildman–Crippen MR) is 62.1 cm³/mol. The Morgan fingerprint density at radius 3 is 2.35 bits per heavy atom. The summed E-state index contributed by atoms with van der Waals surface area (Å²) in [5.41, 5.74) is 0.263. The van der Waals surface area contributed by atoms with Crippen molar-refractivity contribution in [2.24, 2.45) is 0 Å². The van der Waals surface area contributed by atoms with Gasteiger partial charge in [0.05, 0.1) is 7.11 Å². The van der Waals surface area contributed by atoms with Gasteiger partial charge in [-0.05, 0) is 31.2 Å². The summed E-state index contributed by atoms with van der Waals surface area (Å²) in [6.07, 6.45) is 0. The lowest BCUT2D eigenvalue weighted by Gasteiger charge is -2.12. The zero-order valence-corrected chi connectivity index (χ0v) is 10.2. The molecule has 0 aromatic heterocycles. The number of methoxy groups -OCH3 is 1. The van der Waals surface area contributed by atoms with Gasteiger partial charge in [0.2, 0.25) is 10.0 Å². The number of phenols is 1. The number of aromatic hydroxyl groups is 1. The third kappa shape index (κ3) is 3.35. The number of hydrogen-bond acceptors (Lipinski definition) is 5. The van der Waals surface area contributed by atoms with Gasteiger partial charge >= 0.3 is 5.97 Å². The van der Waals surface area contributed by atoms with Crippen molar-refractivity contribution in [2.45, 2.75) is 12.2 Å². The number of esters is 1. The van der Waals surface area contributed by atoms with Crippen molar-refractivity contribution in [1.29, 1.82) is 0 Å². The van der Waals surface area contributed by atoms with Crippen LogP contribution >= 0.6 is 0 Å². The molecule has 0 saturated carbocycles. The molecular weight excluding hydrogens is 246 g/mol. The summed E-state index contributed by atoms with van der Waals surface area (Å²) in [5, 5.41) is 7.73. The van der Waals surface area contributed by atoms with Crippen LogP contribution in [0.2, 0.25) is 0 Å². The molecule has 0 heterocycles. The molecule has 6 nitrogen and oxygen atoms in total. The average molecular weight is 259 g/mol. The first kappa shape index (κ1) is 13.3. The summed E-state index contributed by atoms with van der Waals surface area (Å²) < 4.78 is 30.0. The zero-order chi connectivity index (χ0) is 13.1. The van der Waals surface area contributed by atoms with E-state index < -0.39 is 21.2 Å². The van der Waals surface area contributed by atoms with E-state index in [9.17, 15) is 13.2 Å². The Morgan fingerprint density at radius 2 is 1.88 bits per heavy atom. The Kier molecular flexibility index (Phi) is 3.95. The van der Waals surface area contributed by atoms with Crippen LogP contribution in [0.3, 0.4) is 0 Å². The summed E-state index contributed by atoms with van der Waals surface area (Å²) in [6, 6.07) is 5.44. The Labute approximate surface area is 99.3 Å². The molecule has 0 aliphatic heterocycles. The lowest BCUT2D eigenvalue weighted by atomic mass is 10.3. The molecule has 94 valence electrons. The summed E-state index contributed by atoms with van der Waals surface area (Å²) >= 11 is 0. The number of phenolic OH excluding ortho intramolecular Hbond substituents is 1. The third-order valence-corrected chi connectivity index (χ3v) is 3.77. The molecule has 1 rings (SSSR count). The van der Waals surface area contributed by atoms with E-state index in [1.54, 1.807) is 0 Å². The second-order valence-electron chi connectivity index (χ2n) is 3.36. The highest BCUT2D eigenvalue weighted by Crippen LogP contribution is 2.16. The van der Waals surface area contributed by atoms with Crippen LogP contribution in [0.4, 0.5) is 5.69 Å². The minimum atomic E-state index is -3.84. The Bertz CT molecular complexity index is 494. The molecule has 7 heteroatoms. The molecule has 1 aromatic rings. The summed E-state index contributed by atoms with van der Waals surface area (Å²) in [4.78, 5) is 11.1. The minimum absolute atomic E-state index is 0.0222. The molecule has 0 fully saturated rings. The number of carbonyl (C=O) groups is 1. The van der Waals surface area contributed by atoms with Crippen molar-refractivity contribution in [3.63, 3.8) is 0 Å². The van der Waals surface area contributed by atoms with Gasteiger partial charge in [0.1, 0.15) is 5.75 Å². The number of hydrogen-bond donors (Lipinski definition) is 2. The fourth-order valence-electron chi connectivity index (χ4n) is 1.07. The van der Waals surface area contributed by atoms with Crippen LogP contribution in [0.5, 0.6) is 5.75 Å². The molecule has 0 radical (unpaired) electrons. The second kappa shape index (κ2) is 5.05. The van der Waals surface area contributed by atoms with Gasteiger partial charge in [0.25, 0.3) is 0 Å². The summed E-state index contributed by atoms with van der Waals surface area (Å²) in [6.45, 7) is 1.23. The standard InChI is InChI=1S/C10H13NO5S/c1-7(10(13)16-2)17(14,15)11-8-3-5-9(12)6-4-8/h3-7,11-12H,1-2H3. The number of sulfonamides is 1. The van der Waals surface area contributed by atoms with Crippen LogP contribution < -0.4 is 4.72 Å². The van der Waals surface area contributed by atoms with Crippen LogP contribution in [0.15, 0.2) is 24.3 Å². The van der Waals surface area contributed by atoms with Crippen molar-refractivity contribution in [2.75, 3.05) is 11.8 Å². The maximum absolute atomic E-state index is 11.7. The van der Waals surface area contributed by atoms with Crippen LogP contribution in [-0.2, 0) is 19.6 Å². The van der Waals surface area contributed by atoms with E-state index >= 15 is 0 Å². The molecule has 0 spiro atoms. The Balaban J connectivity index is 2.86. The van der Waals surface area contributed by atoms with E-state index in [0.29, 0.717) is 0 Å². The highest BCUT2D eigenvalue weighted by atomic mass is 32.2. The maximum Gasteiger partial charge on any atom is 0.325 e.